The second-order valence-electron chi connectivity index (χ2n) is 4.23. The molecule has 0 fully saturated rings. The van der Waals surface area contributed by atoms with Gasteiger partial charge >= 0.3 is 5.97 Å². The van der Waals surface area contributed by atoms with Gasteiger partial charge in [0.2, 0.25) is 0 Å². The number of aryl methyl sites for hydroxylation is 1. The van der Waals surface area contributed by atoms with Crippen LogP contribution in [0.25, 0.3) is 0 Å². The number of rotatable bonds is 4. The summed E-state index contributed by atoms with van der Waals surface area (Å²) in [5.41, 5.74) is 2.52. The molecule has 100 valence electrons. The zero-order chi connectivity index (χ0) is 14.5. The number of hydrogen-bond donors (Lipinski definition) is 1. The van der Waals surface area contributed by atoms with Crippen LogP contribution in [0.4, 0.5) is 0 Å². The van der Waals surface area contributed by atoms with Crippen molar-refractivity contribution in [1.82, 2.24) is 4.98 Å². The summed E-state index contributed by atoms with van der Waals surface area (Å²) in [5, 5.41) is 17.5. The fourth-order valence-electron chi connectivity index (χ4n) is 1.68. The molecule has 1 aromatic carbocycles. The largest absolute Gasteiger partial charge is 0.487 e. The van der Waals surface area contributed by atoms with Crippen molar-refractivity contribution in [2.24, 2.45) is 0 Å². The van der Waals surface area contributed by atoms with Crippen molar-refractivity contribution < 1.29 is 14.6 Å². The number of nitriles is 1. The summed E-state index contributed by atoms with van der Waals surface area (Å²) in [6.07, 6.45) is 1.38. The molecule has 0 bridgehead atoms. The van der Waals surface area contributed by atoms with E-state index in [1.54, 1.807) is 18.2 Å². The molecule has 2 aromatic rings. The zero-order valence-electron chi connectivity index (χ0n) is 10.8. The minimum atomic E-state index is -1.07. The summed E-state index contributed by atoms with van der Waals surface area (Å²) in [7, 11) is 0. The normalized spacial score (nSPS) is 9.80. The summed E-state index contributed by atoms with van der Waals surface area (Å²) in [4.78, 5) is 14.4. The van der Waals surface area contributed by atoms with E-state index < -0.39 is 5.97 Å². The molecule has 0 aliphatic rings. The van der Waals surface area contributed by atoms with Crippen LogP contribution in [0.15, 0.2) is 36.5 Å². The fraction of sp³-hybridized carbons (Fsp3) is 0.133. The average molecular weight is 268 g/mol. The molecule has 0 saturated carbocycles. The molecule has 1 heterocycles. The number of benzene rings is 1. The van der Waals surface area contributed by atoms with Crippen molar-refractivity contribution >= 4 is 5.97 Å². The van der Waals surface area contributed by atoms with Crippen LogP contribution in [0.2, 0.25) is 0 Å². The van der Waals surface area contributed by atoms with Crippen LogP contribution in [0.5, 0.6) is 5.75 Å². The third-order valence-corrected chi connectivity index (χ3v) is 2.82. The maximum absolute atomic E-state index is 10.7. The molecule has 0 amide bonds. The Morgan fingerprint density at radius 2 is 2.20 bits per heavy atom. The molecule has 0 radical (unpaired) electrons. The van der Waals surface area contributed by atoms with E-state index in [9.17, 15) is 4.79 Å². The lowest BCUT2D eigenvalue weighted by atomic mass is 10.1. The Labute approximate surface area is 116 Å². The van der Waals surface area contributed by atoms with Crippen LogP contribution in [-0.2, 0) is 6.61 Å². The molecule has 5 nitrogen and oxygen atoms in total. The molecule has 20 heavy (non-hydrogen) atoms. The first-order valence-corrected chi connectivity index (χ1v) is 5.92. The summed E-state index contributed by atoms with van der Waals surface area (Å²) in [6, 6.07) is 10.4. The van der Waals surface area contributed by atoms with Gasteiger partial charge in [-0.25, -0.2) is 9.78 Å². The standard InChI is InChI=1S/C15H12N2O3/c1-10-6-11(7-16)2-3-12(10)9-20-13-4-5-14(15(18)19)17-8-13/h2-6,8H,9H2,1H3,(H,18,19). The lowest BCUT2D eigenvalue weighted by Gasteiger charge is -2.08. The van der Waals surface area contributed by atoms with Gasteiger partial charge in [-0.05, 0) is 42.3 Å². The van der Waals surface area contributed by atoms with Crippen molar-refractivity contribution in [2.75, 3.05) is 0 Å². The molecular weight excluding hydrogens is 256 g/mol. The molecule has 0 saturated heterocycles. The summed E-state index contributed by atoms with van der Waals surface area (Å²) in [5.74, 6) is -0.571. The highest BCUT2D eigenvalue weighted by Gasteiger charge is 2.05. The van der Waals surface area contributed by atoms with Gasteiger partial charge in [0.05, 0.1) is 17.8 Å². The minimum absolute atomic E-state index is 0.0214. The van der Waals surface area contributed by atoms with Crippen molar-refractivity contribution in [2.45, 2.75) is 13.5 Å². The van der Waals surface area contributed by atoms with Gasteiger partial charge in [-0.2, -0.15) is 5.26 Å². The van der Waals surface area contributed by atoms with E-state index in [0.717, 1.165) is 11.1 Å². The van der Waals surface area contributed by atoms with Gasteiger partial charge in [0.1, 0.15) is 18.1 Å². The van der Waals surface area contributed by atoms with Gasteiger partial charge in [0, 0.05) is 0 Å². The number of pyridine rings is 1. The van der Waals surface area contributed by atoms with E-state index in [1.807, 2.05) is 13.0 Å². The monoisotopic (exact) mass is 268 g/mol. The Hall–Kier alpha value is -2.87. The van der Waals surface area contributed by atoms with Crippen LogP contribution in [-0.4, -0.2) is 16.1 Å². The van der Waals surface area contributed by atoms with Crippen molar-refractivity contribution in [1.29, 1.82) is 5.26 Å². The number of carboxylic acid groups (broad SMARTS) is 1. The Morgan fingerprint density at radius 3 is 2.75 bits per heavy atom. The number of aromatic nitrogens is 1. The summed E-state index contributed by atoms with van der Waals surface area (Å²) >= 11 is 0. The Morgan fingerprint density at radius 1 is 1.40 bits per heavy atom. The molecule has 0 aliphatic carbocycles. The minimum Gasteiger partial charge on any atom is -0.487 e. The molecule has 1 aromatic heterocycles. The van der Waals surface area contributed by atoms with Gasteiger partial charge in [0.25, 0.3) is 0 Å². The number of ether oxygens (including phenoxy) is 1. The summed E-state index contributed by atoms with van der Waals surface area (Å²) in [6.45, 7) is 2.25. The number of nitrogens with zero attached hydrogens (tertiary/aromatic N) is 2. The van der Waals surface area contributed by atoms with Crippen LogP contribution < -0.4 is 4.74 Å². The molecule has 1 N–H and O–H groups in total. The molecule has 0 atom stereocenters. The molecule has 0 aliphatic heterocycles. The van der Waals surface area contributed by atoms with Crippen molar-refractivity contribution in [3.63, 3.8) is 0 Å². The zero-order valence-corrected chi connectivity index (χ0v) is 10.8. The molecule has 0 spiro atoms. The Kier molecular flexibility index (Phi) is 3.96. The van der Waals surface area contributed by atoms with Gasteiger partial charge < -0.3 is 9.84 Å². The highest BCUT2D eigenvalue weighted by molar-refractivity contribution is 5.85. The topological polar surface area (TPSA) is 83.2 Å². The van der Waals surface area contributed by atoms with E-state index in [-0.39, 0.29) is 5.69 Å². The van der Waals surface area contributed by atoms with Crippen LogP contribution in [0, 0.1) is 18.3 Å². The van der Waals surface area contributed by atoms with E-state index in [1.165, 1.54) is 12.3 Å². The number of carbonyl (C=O) groups is 1. The van der Waals surface area contributed by atoms with Crippen molar-refractivity contribution in [3.8, 4) is 11.8 Å². The molecule has 0 unspecified atom stereocenters. The van der Waals surface area contributed by atoms with Crippen LogP contribution in [0.1, 0.15) is 27.2 Å². The fourth-order valence-corrected chi connectivity index (χ4v) is 1.68. The van der Waals surface area contributed by atoms with Crippen LogP contribution >= 0.6 is 0 Å². The van der Waals surface area contributed by atoms with Crippen molar-refractivity contribution in [3.05, 3.63) is 58.9 Å². The third-order valence-electron chi connectivity index (χ3n) is 2.82. The molecular formula is C15H12N2O3. The number of carboxylic acids is 1. The average Bonchev–Trinajstić information content (AvgIpc) is 2.46. The number of hydrogen-bond acceptors (Lipinski definition) is 4. The second kappa shape index (κ2) is 5.85. The smallest absolute Gasteiger partial charge is 0.354 e. The maximum Gasteiger partial charge on any atom is 0.354 e. The van der Waals surface area contributed by atoms with E-state index in [4.69, 9.17) is 15.1 Å². The highest BCUT2D eigenvalue weighted by Crippen LogP contribution is 2.15. The van der Waals surface area contributed by atoms with E-state index >= 15 is 0 Å². The maximum atomic E-state index is 10.7. The number of aromatic carboxylic acids is 1. The van der Waals surface area contributed by atoms with Gasteiger partial charge in [-0.15, -0.1) is 0 Å². The lowest BCUT2D eigenvalue weighted by molar-refractivity contribution is 0.0690. The Bertz CT molecular complexity index is 673. The summed E-state index contributed by atoms with van der Waals surface area (Å²) < 4.78 is 5.54. The predicted molar refractivity (Wildman–Crippen MR) is 71.4 cm³/mol. The molecule has 5 heteroatoms. The highest BCUT2D eigenvalue weighted by atomic mass is 16.5. The predicted octanol–water partition coefficient (Wildman–Crippen LogP) is 2.54. The quantitative estimate of drug-likeness (QED) is 0.921. The first kappa shape index (κ1) is 13.6. The first-order chi connectivity index (χ1) is 9.60. The lowest BCUT2D eigenvalue weighted by Crippen LogP contribution is -2.02. The van der Waals surface area contributed by atoms with Gasteiger partial charge in [-0.1, -0.05) is 6.07 Å². The first-order valence-electron chi connectivity index (χ1n) is 5.92. The van der Waals surface area contributed by atoms with E-state index in [2.05, 4.69) is 11.1 Å². The molecule has 2 rings (SSSR count). The Balaban J connectivity index is 2.05. The second-order valence-corrected chi connectivity index (χ2v) is 4.23. The van der Waals surface area contributed by atoms with Crippen LogP contribution in [0.3, 0.4) is 0 Å². The van der Waals surface area contributed by atoms with Gasteiger partial charge in [0.15, 0.2) is 0 Å². The van der Waals surface area contributed by atoms with Gasteiger partial charge in [-0.3, -0.25) is 0 Å². The SMILES string of the molecule is Cc1cc(C#N)ccc1COc1ccc(C(=O)O)nc1. The third kappa shape index (κ3) is 3.12. The van der Waals surface area contributed by atoms with E-state index in [0.29, 0.717) is 17.9 Å².